The monoisotopic (exact) mass is 353 g/mol. The Hall–Kier alpha value is -2.53. The van der Waals surface area contributed by atoms with E-state index in [9.17, 15) is 4.79 Å². The molecule has 1 aliphatic rings. The average molecular weight is 353 g/mol. The van der Waals surface area contributed by atoms with E-state index in [0.717, 1.165) is 38.5 Å². The van der Waals surface area contributed by atoms with Crippen molar-refractivity contribution in [1.29, 1.82) is 0 Å². The molecule has 2 aromatic carbocycles. The Labute approximate surface area is 155 Å². The SMILES string of the molecule is CCOc1ccc(C(=O)NCCN2CCN(c3ccccc3)CC2)cc1. The van der Waals surface area contributed by atoms with Crippen LogP contribution in [0.25, 0.3) is 0 Å². The first kappa shape index (κ1) is 18.3. The largest absolute Gasteiger partial charge is 0.494 e. The highest BCUT2D eigenvalue weighted by molar-refractivity contribution is 5.94. The van der Waals surface area contributed by atoms with Crippen LogP contribution < -0.4 is 15.0 Å². The third-order valence-corrected chi connectivity index (χ3v) is 4.63. The Morgan fingerprint density at radius 1 is 1.00 bits per heavy atom. The van der Waals surface area contributed by atoms with Gasteiger partial charge in [0.25, 0.3) is 5.91 Å². The lowest BCUT2D eigenvalue weighted by Gasteiger charge is -2.36. The number of amides is 1. The first-order valence-electron chi connectivity index (χ1n) is 9.29. The van der Waals surface area contributed by atoms with Gasteiger partial charge in [-0.3, -0.25) is 9.69 Å². The van der Waals surface area contributed by atoms with E-state index in [1.807, 2.05) is 25.1 Å². The van der Waals surface area contributed by atoms with Crippen molar-refractivity contribution < 1.29 is 9.53 Å². The lowest BCUT2D eigenvalue weighted by Crippen LogP contribution is -2.48. The maximum absolute atomic E-state index is 12.2. The summed E-state index contributed by atoms with van der Waals surface area (Å²) in [5.74, 6) is 0.760. The number of nitrogens with one attached hydrogen (secondary N) is 1. The maximum atomic E-state index is 12.2. The van der Waals surface area contributed by atoms with E-state index in [-0.39, 0.29) is 5.91 Å². The summed E-state index contributed by atoms with van der Waals surface area (Å²) in [5, 5.41) is 3.01. The molecule has 5 heteroatoms. The van der Waals surface area contributed by atoms with Crippen LogP contribution in [0.2, 0.25) is 0 Å². The predicted molar refractivity (Wildman–Crippen MR) is 105 cm³/mol. The van der Waals surface area contributed by atoms with E-state index in [2.05, 4.69) is 39.4 Å². The van der Waals surface area contributed by atoms with Crippen molar-refractivity contribution in [2.24, 2.45) is 0 Å². The van der Waals surface area contributed by atoms with Crippen LogP contribution in [0.15, 0.2) is 54.6 Å². The lowest BCUT2D eigenvalue weighted by molar-refractivity contribution is 0.0947. The van der Waals surface area contributed by atoms with Gasteiger partial charge in [-0.1, -0.05) is 18.2 Å². The van der Waals surface area contributed by atoms with E-state index in [0.29, 0.717) is 18.7 Å². The van der Waals surface area contributed by atoms with Crippen molar-refractivity contribution in [1.82, 2.24) is 10.2 Å². The van der Waals surface area contributed by atoms with E-state index in [4.69, 9.17) is 4.74 Å². The average Bonchev–Trinajstić information content (AvgIpc) is 2.70. The fraction of sp³-hybridized carbons (Fsp3) is 0.381. The molecule has 0 aliphatic carbocycles. The molecule has 1 fully saturated rings. The summed E-state index contributed by atoms with van der Waals surface area (Å²) in [5.41, 5.74) is 1.96. The number of para-hydroxylation sites is 1. The van der Waals surface area contributed by atoms with Crippen molar-refractivity contribution >= 4 is 11.6 Å². The zero-order valence-electron chi connectivity index (χ0n) is 15.4. The number of ether oxygens (including phenoxy) is 1. The van der Waals surface area contributed by atoms with E-state index >= 15 is 0 Å². The van der Waals surface area contributed by atoms with Gasteiger partial charge in [-0.25, -0.2) is 0 Å². The second-order valence-electron chi connectivity index (χ2n) is 6.38. The van der Waals surface area contributed by atoms with E-state index in [1.54, 1.807) is 12.1 Å². The number of hydrogen-bond acceptors (Lipinski definition) is 4. The van der Waals surface area contributed by atoms with E-state index < -0.39 is 0 Å². The van der Waals surface area contributed by atoms with Gasteiger partial charge in [0, 0.05) is 50.5 Å². The first-order chi connectivity index (χ1) is 12.8. The van der Waals surface area contributed by atoms with Crippen LogP contribution in [0.1, 0.15) is 17.3 Å². The van der Waals surface area contributed by atoms with Crippen LogP contribution in [-0.4, -0.2) is 56.7 Å². The van der Waals surface area contributed by atoms with Gasteiger partial charge in [0.15, 0.2) is 0 Å². The van der Waals surface area contributed by atoms with Crippen molar-refractivity contribution in [3.05, 3.63) is 60.2 Å². The number of rotatable bonds is 7. The van der Waals surface area contributed by atoms with Crippen molar-refractivity contribution in [2.75, 3.05) is 50.8 Å². The van der Waals surface area contributed by atoms with Crippen LogP contribution >= 0.6 is 0 Å². The smallest absolute Gasteiger partial charge is 0.251 e. The molecule has 0 spiro atoms. The fourth-order valence-electron chi connectivity index (χ4n) is 3.17. The second-order valence-corrected chi connectivity index (χ2v) is 6.38. The minimum atomic E-state index is -0.0315. The summed E-state index contributed by atoms with van der Waals surface area (Å²) in [7, 11) is 0. The Morgan fingerprint density at radius 3 is 2.35 bits per heavy atom. The summed E-state index contributed by atoms with van der Waals surface area (Å²) in [6.07, 6.45) is 0. The number of nitrogens with zero attached hydrogens (tertiary/aromatic N) is 2. The van der Waals surface area contributed by atoms with Gasteiger partial charge in [0.05, 0.1) is 6.61 Å². The van der Waals surface area contributed by atoms with Gasteiger partial charge >= 0.3 is 0 Å². The van der Waals surface area contributed by atoms with Crippen molar-refractivity contribution in [3.8, 4) is 5.75 Å². The third kappa shape index (κ3) is 4.99. The molecule has 1 amide bonds. The summed E-state index contributed by atoms with van der Waals surface area (Å²) in [6, 6.07) is 17.8. The minimum Gasteiger partial charge on any atom is -0.494 e. The molecule has 0 aromatic heterocycles. The highest BCUT2D eigenvalue weighted by Crippen LogP contribution is 2.15. The van der Waals surface area contributed by atoms with E-state index in [1.165, 1.54) is 5.69 Å². The quantitative estimate of drug-likeness (QED) is 0.831. The van der Waals surface area contributed by atoms with Crippen molar-refractivity contribution in [3.63, 3.8) is 0 Å². The summed E-state index contributed by atoms with van der Waals surface area (Å²) in [6.45, 7) is 8.21. The Morgan fingerprint density at radius 2 is 1.69 bits per heavy atom. The Kier molecular flexibility index (Phi) is 6.50. The lowest BCUT2D eigenvalue weighted by atomic mass is 10.2. The zero-order chi connectivity index (χ0) is 18.2. The molecule has 0 unspecified atom stereocenters. The van der Waals surface area contributed by atoms with Gasteiger partial charge in [-0.05, 0) is 43.3 Å². The molecule has 2 aromatic rings. The van der Waals surface area contributed by atoms with Gasteiger partial charge in [0.1, 0.15) is 5.75 Å². The molecule has 1 saturated heterocycles. The predicted octanol–water partition coefficient (Wildman–Crippen LogP) is 2.64. The van der Waals surface area contributed by atoms with Gasteiger partial charge in [-0.2, -0.15) is 0 Å². The van der Waals surface area contributed by atoms with Crippen LogP contribution in [-0.2, 0) is 0 Å². The molecule has 3 rings (SSSR count). The molecule has 26 heavy (non-hydrogen) atoms. The highest BCUT2D eigenvalue weighted by Gasteiger charge is 2.16. The second kappa shape index (κ2) is 9.25. The van der Waals surface area contributed by atoms with Crippen LogP contribution in [0.5, 0.6) is 5.75 Å². The molecular formula is C21H27N3O2. The summed E-state index contributed by atoms with van der Waals surface area (Å²) >= 11 is 0. The Balaban J connectivity index is 1.38. The normalized spacial score (nSPS) is 14.9. The molecular weight excluding hydrogens is 326 g/mol. The number of benzene rings is 2. The maximum Gasteiger partial charge on any atom is 0.251 e. The standard InChI is InChI=1S/C21H27N3O2/c1-2-26-20-10-8-18(9-11-20)21(25)22-12-13-23-14-16-24(17-15-23)19-6-4-3-5-7-19/h3-11H,2,12-17H2,1H3,(H,22,25). The summed E-state index contributed by atoms with van der Waals surface area (Å²) in [4.78, 5) is 17.0. The topological polar surface area (TPSA) is 44.8 Å². The highest BCUT2D eigenvalue weighted by atomic mass is 16.5. The molecule has 0 radical (unpaired) electrons. The van der Waals surface area contributed by atoms with Crippen LogP contribution in [0, 0.1) is 0 Å². The van der Waals surface area contributed by atoms with Crippen LogP contribution in [0.4, 0.5) is 5.69 Å². The summed E-state index contributed by atoms with van der Waals surface area (Å²) < 4.78 is 5.40. The first-order valence-corrected chi connectivity index (χ1v) is 9.29. The number of hydrogen-bond donors (Lipinski definition) is 1. The number of carbonyl (C=O) groups is 1. The molecule has 5 nitrogen and oxygen atoms in total. The molecule has 1 N–H and O–H groups in total. The molecule has 138 valence electrons. The van der Waals surface area contributed by atoms with Crippen LogP contribution in [0.3, 0.4) is 0 Å². The molecule has 0 atom stereocenters. The third-order valence-electron chi connectivity index (χ3n) is 4.63. The Bertz CT molecular complexity index is 680. The molecule has 1 heterocycles. The number of piperazine rings is 1. The van der Waals surface area contributed by atoms with Gasteiger partial charge in [-0.15, -0.1) is 0 Å². The fourth-order valence-corrected chi connectivity index (χ4v) is 3.17. The van der Waals surface area contributed by atoms with Gasteiger partial charge in [0.2, 0.25) is 0 Å². The van der Waals surface area contributed by atoms with Gasteiger partial charge < -0.3 is 15.0 Å². The minimum absolute atomic E-state index is 0.0315. The number of carbonyl (C=O) groups excluding carboxylic acids is 1. The molecule has 1 aliphatic heterocycles. The molecule has 0 bridgehead atoms. The number of anilines is 1. The zero-order valence-corrected chi connectivity index (χ0v) is 15.4. The molecule has 0 saturated carbocycles. The van der Waals surface area contributed by atoms with Crippen molar-refractivity contribution in [2.45, 2.75) is 6.92 Å².